The lowest BCUT2D eigenvalue weighted by molar-refractivity contribution is -0.386. The normalized spacial score (nSPS) is 16.3. The lowest BCUT2D eigenvalue weighted by atomic mass is 10.0. The molecule has 0 bridgehead atoms. The van der Waals surface area contributed by atoms with E-state index in [2.05, 4.69) is 5.10 Å². The molecule has 1 heterocycles. The lowest BCUT2D eigenvalue weighted by Crippen LogP contribution is -2.13. The highest BCUT2D eigenvalue weighted by Gasteiger charge is 2.35. The van der Waals surface area contributed by atoms with Crippen molar-refractivity contribution in [2.75, 3.05) is 0 Å². The molecule has 0 aromatic carbocycles. The highest BCUT2D eigenvalue weighted by molar-refractivity contribution is 5.95. The van der Waals surface area contributed by atoms with Crippen LogP contribution < -0.4 is 5.73 Å². The Hall–Kier alpha value is -1.92. The van der Waals surface area contributed by atoms with Crippen LogP contribution in [0.4, 0.5) is 5.69 Å². The van der Waals surface area contributed by atoms with Crippen molar-refractivity contribution in [3.63, 3.8) is 0 Å². The van der Waals surface area contributed by atoms with Crippen molar-refractivity contribution in [3.8, 4) is 0 Å². The van der Waals surface area contributed by atoms with Crippen molar-refractivity contribution in [2.45, 2.75) is 31.6 Å². The van der Waals surface area contributed by atoms with Gasteiger partial charge in [-0.2, -0.15) is 5.10 Å². The summed E-state index contributed by atoms with van der Waals surface area (Å²) in [5, 5.41) is 14.9. The average molecular weight is 238 g/mol. The number of nitrogens with two attached hydrogens (primary N) is 1. The number of amides is 1. The summed E-state index contributed by atoms with van der Waals surface area (Å²) in [7, 11) is 1.62. The number of carbonyl (C=O) groups is 1. The molecule has 1 aromatic rings. The first kappa shape index (κ1) is 11.6. The summed E-state index contributed by atoms with van der Waals surface area (Å²) >= 11 is 0. The van der Waals surface area contributed by atoms with Crippen LogP contribution in [0.1, 0.15) is 47.8 Å². The molecule has 92 valence electrons. The molecule has 17 heavy (non-hydrogen) atoms. The van der Waals surface area contributed by atoms with Crippen molar-refractivity contribution in [1.82, 2.24) is 9.78 Å². The fourth-order valence-corrected chi connectivity index (χ4v) is 2.53. The predicted octanol–water partition coefficient (Wildman–Crippen LogP) is 1.08. The number of nitro groups is 1. The van der Waals surface area contributed by atoms with E-state index in [-0.39, 0.29) is 17.3 Å². The first-order chi connectivity index (χ1) is 8.02. The summed E-state index contributed by atoms with van der Waals surface area (Å²) in [6.07, 6.45) is 3.91. The van der Waals surface area contributed by atoms with Gasteiger partial charge in [0.1, 0.15) is 5.69 Å². The number of nitrogens with zero attached hydrogens (tertiary/aromatic N) is 3. The zero-order chi connectivity index (χ0) is 12.6. The molecular formula is C10H14N4O3. The molecule has 0 atom stereocenters. The predicted molar refractivity (Wildman–Crippen MR) is 59.6 cm³/mol. The number of primary amides is 1. The second kappa shape index (κ2) is 4.15. The number of hydrogen-bond acceptors (Lipinski definition) is 4. The molecule has 0 spiro atoms. The van der Waals surface area contributed by atoms with Gasteiger partial charge in [0.25, 0.3) is 5.91 Å². The highest BCUT2D eigenvalue weighted by Crippen LogP contribution is 2.39. The summed E-state index contributed by atoms with van der Waals surface area (Å²) in [6, 6.07) is 0. The van der Waals surface area contributed by atoms with E-state index in [0.717, 1.165) is 25.7 Å². The first-order valence-corrected chi connectivity index (χ1v) is 5.53. The molecule has 1 aliphatic carbocycles. The Morgan fingerprint density at radius 2 is 2.12 bits per heavy atom. The van der Waals surface area contributed by atoms with Crippen LogP contribution in [-0.2, 0) is 7.05 Å². The number of rotatable bonds is 3. The molecule has 1 aliphatic rings. The molecule has 0 radical (unpaired) electrons. The molecule has 1 saturated carbocycles. The van der Waals surface area contributed by atoms with Gasteiger partial charge in [0, 0.05) is 13.0 Å². The maximum Gasteiger partial charge on any atom is 0.323 e. The zero-order valence-corrected chi connectivity index (χ0v) is 9.55. The maximum absolute atomic E-state index is 11.1. The SMILES string of the molecule is Cn1nc(C(N)=O)c([N+](=O)[O-])c1C1CCCC1. The van der Waals surface area contributed by atoms with E-state index in [1.54, 1.807) is 7.05 Å². The Balaban J connectivity index is 2.56. The van der Waals surface area contributed by atoms with E-state index < -0.39 is 10.8 Å². The van der Waals surface area contributed by atoms with Gasteiger partial charge in [0.05, 0.1) is 4.92 Å². The van der Waals surface area contributed by atoms with Gasteiger partial charge in [-0.05, 0) is 12.8 Å². The van der Waals surface area contributed by atoms with Crippen LogP contribution in [0.15, 0.2) is 0 Å². The van der Waals surface area contributed by atoms with E-state index in [1.165, 1.54) is 4.68 Å². The second-order valence-electron chi connectivity index (χ2n) is 4.31. The molecule has 1 amide bonds. The highest BCUT2D eigenvalue weighted by atomic mass is 16.6. The number of carbonyl (C=O) groups excluding carboxylic acids is 1. The first-order valence-electron chi connectivity index (χ1n) is 5.53. The molecule has 2 N–H and O–H groups in total. The maximum atomic E-state index is 11.1. The number of aromatic nitrogens is 2. The molecular weight excluding hydrogens is 224 g/mol. The third-order valence-electron chi connectivity index (χ3n) is 3.22. The van der Waals surface area contributed by atoms with Crippen molar-refractivity contribution >= 4 is 11.6 Å². The summed E-state index contributed by atoms with van der Waals surface area (Å²) in [5.74, 6) is -0.738. The molecule has 1 aromatic heterocycles. The van der Waals surface area contributed by atoms with Crippen LogP contribution in [0.2, 0.25) is 0 Å². The van der Waals surface area contributed by atoms with Gasteiger partial charge in [0.15, 0.2) is 0 Å². The average Bonchev–Trinajstić information content (AvgIpc) is 2.83. The smallest absolute Gasteiger partial charge is 0.323 e. The minimum atomic E-state index is -0.850. The summed E-state index contributed by atoms with van der Waals surface area (Å²) in [6.45, 7) is 0. The van der Waals surface area contributed by atoms with Crippen LogP contribution in [0, 0.1) is 10.1 Å². The van der Waals surface area contributed by atoms with Crippen molar-refractivity contribution in [2.24, 2.45) is 12.8 Å². The third kappa shape index (κ3) is 1.88. The Morgan fingerprint density at radius 1 is 1.53 bits per heavy atom. The quantitative estimate of drug-likeness (QED) is 0.628. The minimum Gasteiger partial charge on any atom is -0.364 e. The third-order valence-corrected chi connectivity index (χ3v) is 3.22. The van der Waals surface area contributed by atoms with Gasteiger partial charge in [-0.3, -0.25) is 19.6 Å². The molecule has 2 rings (SSSR count). The van der Waals surface area contributed by atoms with Gasteiger partial charge >= 0.3 is 5.69 Å². The second-order valence-corrected chi connectivity index (χ2v) is 4.31. The van der Waals surface area contributed by atoms with E-state index in [0.29, 0.717) is 5.69 Å². The monoisotopic (exact) mass is 238 g/mol. The molecule has 7 heteroatoms. The van der Waals surface area contributed by atoms with Gasteiger partial charge < -0.3 is 5.73 Å². The molecule has 7 nitrogen and oxygen atoms in total. The van der Waals surface area contributed by atoms with E-state index in [4.69, 9.17) is 5.73 Å². The van der Waals surface area contributed by atoms with Gasteiger partial charge in [-0.15, -0.1) is 0 Å². The van der Waals surface area contributed by atoms with Crippen molar-refractivity contribution < 1.29 is 9.72 Å². The van der Waals surface area contributed by atoms with Crippen LogP contribution in [-0.4, -0.2) is 20.6 Å². The van der Waals surface area contributed by atoms with Crippen LogP contribution in [0.25, 0.3) is 0 Å². The lowest BCUT2D eigenvalue weighted by Gasteiger charge is -2.08. The Morgan fingerprint density at radius 3 is 2.59 bits per heavy atom. The Bertz CT molecular complexity index is 474. The number of aryl methyl sites for hydroxylation is 1. The van der Waals surface area contributed by atoms with Crippen molar-refractivity contribution in [3.05, 3.63) is 21.5 Å². The molecule has 0 aliphatic heterocycles. The Labute approximate surface area is 97.7 Å². The largest absolute Gasteiger partial charge is 0.364 e. The van der Waals surface area contributed by atoms with Gasteiger partial charge in [0.2, 0.25) is 5.69 Å². The van der Waals surface area contributed by atoms with Crippen LogP contribution >= 0.6 is 0 Å². The Kier molecular flexibility index (Phi) is 2.83. The summed E-state index contributed by atoms with van der Waals surface area (Å²) in [4.78, 5) is 21.7. The van der Waals surface area contributed by atoms with Gasteiger partial charge in [-0.25, -0.2) is 0 Å². The van der Waals surface area contributed by atoms with E-state index in [1.807, 2.05) is 0 Å². The van der Waals surface area contributed by atoms with Crippen molar-refractivity contribution in [1.29, 1.82) is 0 Å². The standard InChI is InChI=1S/C10H14N4O3/c1-13-8(6-4-2-3-5-6)9(14(16)17)7(12-13)10(11)15/h6H,2-5H2,1H3,(H2,11,15). The minimum absolute atomic E-state index is 0.112. The summed E-state index contributed by atoms with van der Waals surface area (Å²) in [5.41, 5.74) is 5.19. The fraction of sp³-hybridized carbons (Fsp3) is 0.600. The number of hydrogen-bond donors (Lipinski definition) is 1. The van der Waals surface area contributed by atoms with E-state index in [9.17, 15) is 14.9 Å². The van der Waals surface area contributed by atoms with E-state index >= 15 is 0 Å². The van der Waals surface area contributed by atoms with Crippen LogP contribution in [0.3, 0.4) is 0 Å². The zero-order valence-electron chi connectivity index (χ0n) is 9.55. The fourth-order valence-electron chi connectivity index (χ4n) is 2.53. The topological polar surface area (TPSA) is 104 Å². The van der Waals surface area contributed by atoms with Gasteiger partial charge in [-0.1, -0.05) is 12.8 Å². The van der Waals surface area contributed by atoms with Crippen LogP contribution in [0.5, 0.6) is 0 Å². The molecule has 0 saturated heterocycles. The summed E-state index contributed by atoms with van der Waals surface area (Å²) < 4.78 is 1.42. The molecule has 1 fully saturated rings. The molecule has 0 unspecified atom stereocenters.